The van der Waals surface area contributed by atoms with Crippen molar-refractivity contribution in [3.63, 3.8) is 0 Å². The Kier molecular flexibility index (Phi) is 6.04. The normalized spacial score (nSPS) is 21.4. The Morgan fingerprint density at radius 3 is 1.69 bits per heavy atom. The van der Waals surface area contributed by atoms with Gasteiger partial charge in [-0.2, -0.15) is 0 Å². The summed E-state index contributed by atoms with van der Waals surface area (Å²) in [6, 6.07) is 28.2. The molecule has 2 bridgehead atoms. The zero-order chi connectivity index (χ0) is 29.1. The molecule has 1 aliphatic heterocycles. The van der Waals surface area contributed by atoms with Crippen LogP contribution in [-0.2, 0) is 19.1 Å². The number of rotatable bonds is 5. The predicted molar refractivity (Wildman–Crippen MR) is 157 cm³/mol. The molecule has 3 aliphatic carbocycles. The van der Waals surface area contributed by atoms with Crippen molar-refractivity contribution in [3.8, 4) is 0 Å². The number of nitrogens with one attached hydrogen (secondary N) is 1. The summed E-state index contributed by atoms with van der Waals surface area (Å²) in [6.07, 6.45) is 0. The number of carbonyl (C=O) groups excluding carboxylic acids is 4. The maximum absolute atomic E-state index is 14.2. The van der Waals surface area contributed by atoms with Gasteiger partial charge in [-0.05, 0) is 59.4 Å². The van der Waals surface area contributed by atoms with Crippen LogP contribution in [0.15, 0.2) is 91.0 Å². The van der Waals surface area contributed by atoms with Crippen molar-refractivity contribution in [2.24, 2.45) is 11.8 Å². The van der Waals surface area contributed by atoms with Gasteiger partial charge >= 0.3 is 5.97 Å². The van der Waals surface area contributed by atoms with Crippen molar-refractivity contribution in [1.82, 2.24) is 0 Å². The fraction of sp³-hybridized carbons (Fsp3) is 0.200. The van der Waals surface area contributed by atoms with Crippen LogP contribution in [0, 0.1) is 25.7 Å². The van der Waals surface area contributed by atoms with Crippen molar-refractivity contribution < 1.29 is 23.9 Å². The Balaban J connectivity index is 1.18. The second kappa shape index (κ2) is 9.80. The molecule has 7 nitrogen and oxygen atoms in total. The number of nitrogens with zero attached hydrogens (tertiary/aromatic N) is 1. The predicted octanol–water partition coefficient (Wildman–Crippen LogP) is 5.50. The molecule has 3 amide bonds. The summed E-state index contributed by atoms with van der Waals surface area (Å²) in [7, 11) is 0. The van der Waals surface area contributed by atoms with E-state index in [4.69, 9.17) is 4.74 Å². The molecule has 8 rings (SSSR count). The van der Waals surface area contributed by atoms with Crippen molar-refractivity contribution in [1.29, 1.82) is 0 Å². The third kappa shape index (κ3) is 3.80. The molecule has 4 aromatic rings. The Morgan fingerprint density at radius 2 is 1.17 bits per heavy atom. The lowest BCUT2D eigenvalue weighted by atomic mass is 9.55. The number of esters is 1. The fourth-order valence-electron chi connectivity index (χ4n) is 7.15. The van der Waals surface area contributed by atoms with Gasteiger partial charge in [0, 0.05) is 17.5 Å². The van der Waals surface area contributed by atoms with E-state index in [1.54, 1.807) is 18.2 Å². The van der Waals surface area contributed by atoms with Crippen LogP contribution in [-0.4, -0.2) is 30.3 Å². The van der Waals surface area contributed by atoms with Crippen LogP contribution in [0.2, 0.25) is 0 Å². The molecule has 4 aliphatic rings. The highest BCUT2D eigenvalue weighted by molar-refractivity contribution is 6.25. The molecule has 7 heteroatoms. The first-order valence-electron chi connectivity index (χ1n) is 14.0. The van der Waals surface area contributed by atoms with E-state index < -0.39 is 30.3 Å². The lowest BCUT2D eigenvalue weighted by Gasteiger charge is -2.45. The smallest absolute Gasteiger partial charge is 0.340 e. The molecule has 1 N–H and O–H groups in total. The molecule has 2 atom stereocenters. The second-order valence-corrected chi connectivity index (χ2v) is 11.2. The van der Waals surface area contributed by atoms with Crippen molar-refractivity contribution >= 4 is 35.1 Å². The average molecular weight is 557 g/mol. The fourth-order valence-corrected chi connectivity index (χ4v) is 7.15. The monoisotopic (exact) mass is 556 g/mol. The number of imide groups is 1. The minimum atomic E-state index is -0.785. The molecule has 1 fully saturated rings. The SMILES string of the molecule is Cc1cccc(C)c1NC(=O)COC(=O)c1ccccc1N1C(=O)[C@H]2C3c4ccccc4C(c4ccccc43)[C@@H]2C1=O. The van der Waals surface area contributed by atoms with Gasteiger partial charge in [0.15, 0.2) is 6.61 Å². The molecular formula is C35H28N2O5. The van der Waals surface area contributed by atoms with E-state index in [1.807, 2.05) is 80.6 Å². The van der Waals surface area contributed by atoms with Crippen molar-refractivity contribution in [2.75, 3.05) is 16.8 Å². The van der Waals surface area contributed by atoms with E-state index in [-0.39, 0.29) is 34.9 Å². The molecule has 0 unspecified atom stereocenters. The van der Waals surface area contributed by atoms with Gasteiger partial charge in [0.1, 0.15) is 0 Å². The molecule has 42 heavy (non-hydrogen) atoms. The lowest BCUT2D eigenvalue weighted by molar-refractivity contribution is -0.122. The summed E-state index contributed by atoms with van der Waals surface area (Å²) in [6.45, 7) is 3.26. The quantitative estimate of drug-likeness (QED) is 0.259. The van der Waals surface area contributed by atoms with Crippen LogP contribution in [0.5, 0.6) is 0 Å². The summed E-state index contributed by atoms with van der Waals surface area (Å²) in [5.41, 5.74) is 7.00. The average Bonchev–Trinajstić information content (AvgIpc) is 3.27. The molecule has 0 saturated carbocycles. The molecule has 1 heterocycles. The van der Waals surface area contributed by atoms with Crippen LogP contribution in [0.4, 0.5) is 11.4 Å². The van der Waals surface area contributed by atoms with E-state index in [0.29, 0.717) is 5.69 Å². The number of benzene rings is 4. The van der Waals surface area contributed by atoms with E-state index in [0.717, 1.165) is 33.4 Å². The summed E-state index contributed by atoms with van der Waals surface area (Å²) in [5.74, 6) is -3.55. The van der Waals surface area contributed by atoms with Crippen LogP contribution in [0.3, 0.4) is 0 Å². The third-order valence-electron chi connectivity index (χ3n) is 8.89. The Morgan fingerprint density at radius 1 is 0.690 bits per heavy atom. The minimum absolute atomic E-state index is 0.0556. The summed E-state index contributed by atoms with van der Waals surface area (Å²) < 4.78 is 5.39. The second-order valence-electron chi connectivity index (χ2n) is 11.2. The molecule has 0 spiro atoms. The topological polar surface area (TPSA) is 92.8 Å². The van der Waals surface area contributed by atoms with E-state index in [2.05, 4.69) is 5.32 Å². The van der Waals surface area contributed by atoms with Crippen LogP contribution in [0.25, 0.3) is 0 Å². The van der Waals surface area contributed by atoms with Gasteiger partial charge in [0.2, 0.25) is 11.8 Å². The Hall–Kier alpha value is -5.04. The van der Waals surface area contributed by atoms with E-state index >= 15 is 0 Å². The molecule has 0 radical (unpaired) electrons. The maximum Gasteiger partial charge on any atom is 0.340 e. The van der Waals surface area contributed by atoms with Crippen LogP contribution >= 0.6 is 0 Å². The van der Waals surface area contributed by atoms with Gasteiger partial charge in [0.25, 0.3) is 5.91 Å². The van der Waals surface area contributed by atoms with E-state index in [1.165, 1.54) is 11.0 Å². The molecule has 208 valence electrons. The highest BCUT2D eigenvalue weighted by atomic mass is 16.5. The number of hydrogen-bond donors (Lipinski definition) is 1. The molecule has 1 saturated heterocycles. The van der Waals surface area contributed by atoms with Gasteiger partial charge in [-0.25, -0.2) is 9.69 Å². The first-order chi connectivity index (χ1) is 20.4. The summed E-state index contributed by atoms with van der Waals surface area (Å²) >= 11 is 0. The van der Waals surface area contributed by atoms with Crippen LogP contribution < -0.4 is 10.2 Å². The van der Waals surface area contributed by atoms with E-state index in [9.17, 15) is 19.2 Å². The number of anilines is 2. The zero-order valence-corrected chi connectivity index (χ0v) is 23.2. The molecule has 0 aromatic heterocycles. The minimum Gasteiger partial charge on any atom is -0.452 e. The van der Waals surface area contributed by atoms with Gasteiger partial charge in [-0.3, -0.25) is 14.4 Å². The largest absolute Gasteiger partial charge is 0.452 e. The number of aryl methyl sites for hydroxylation is 2. The molecular weight excluding hydrogens is 528 g/mol. The number of para-hydroxylation sites is 2. The standard InChI is InChI=1S/C35H28N2O5/c1-19-10-9-11-20(2)32(19)36-27(38)18-42-35(41)25-16-7-8-17-26(25)37-33(39)30-28-21-12-3-4-13-22(21)29(31(30)34(37)40)24-15-6-5-14-23(24)28/h3-17,28-31H,18H2,1-2H3,(H,36,38)/t28?,29?,30-,31-/m0/s1. The number of carbonyl (C=O) groups is 4. The lowest BCUT2D eigenvalue weighted by Crippen LogP contribution is -2.41. The number of amides is 3. The maximum atomic E-state index is 14.2. The Labute approximate surface area is 243 Å². The van der Waals surface area contributed by atoms with Crippen molar-refractivity contribution in [2.45, 2.75) is 25.7 Å². The van der Waals surface area contributed by atoms with Gasteiger partial charge in [-0.15, -0.1) is 0 Å². The highest BCUT2D eigenvalue weighted by Gasteiger charge is 2.62. The molecule has 4 aromatic carbocycles. The number of ether oxygens (including phenoxy) is 1. The van der Waals surface area contributed by atoms with Gasteiger partial charge < -0.3 is 10.1 Å². The summed E-state index contributed by atoms with van der Waals surface area (Å²) in [5, 5.41) is 2.80. The highest BCUT2D eigenvalue weighted by Crippen LogP contribution is 2.61. The summed E-state index contributed by atoms with van der Waals surface area (Å²) in [4.78, 5) is 55.4. The third-order valence-corrected chi connectivity index (χ3v) is 8.89. The first kappa shape index (κ1) is 25.9. The zero-order valence-electron chi connectivity index (χ0n) is 23.2. The Bertz CT molecular complexity index is 1680. The van der Waals surface area contributed by atoms with Crippen LogP contribution in [0.1, 0.15) is 55.6 Å². The first-order valence-corrected chi connectivity index (χ1v) is 14.0. The van der Waals surface area contributed by atoms with Crippen molar-refractivity contribution in [3.05, 3.63) is 130 Å². The van der Waals surface area contributed by atoms with Gasteiger partial charge in [0.05, 0.1) is 23.1 Å². The van der Waals surface area contributed by atoms with Gasteiger partial charge in [-0.1, -0.05) is 78.9 Å². The number of hydrogen-bond acceptors (Lipinski definition) is 5.